The van der Waals surface area contributed by atoms with E-state index in [0.29, 0.717) is 24.4 Å². The molecule has 2 aliphatic heterocycles. The predicted octanol–water partition coefficient (Wildman–Crippen LogP) is 2.07. The Morgan fingerprint density at radius 3 is 2.91 bits per heavy atom. The van der Waals surface area contributed by atoms with E-state index < -0.39 is 0 Å². The molecule has 1 saturated heterocycles. The van der Waals surface area contributed by atoms with Crippen LogP contribution in [0.3, 0.4) is 0 Å². The molecule has 120 valence electrons. The molecular formula is C17H20N4O2. The maximum Gasteiger partial charge on any atom is 0.272 e. The first kappa shape index (κ1) is 14.4. The molecule has 0 saturated carbocycles. The molecule has 4 rings (SSSR count). The van der Waals surface area contributed by atoms with Crippen LogP contribution in [0.15, 0.2) is 36.2 Å². The average Bonchev–Trinajstić information content (AvgIpc) is 3.03. The number of aromatic nitrogens is 3. The third-order valence-corrected chi connectivity index (χ3v) is 4.81. The van der Waals surface area contributed by atoms with Crippen LogP contribution in [0.5, 0.6) is 0 Å². The van der Waals surface area contributed by atoms with Crippen molar-refractivity contribution in [1.82, 2.24) is 19.5 Å². The zero-order valence-electron chi connectivity index (χ0n) is 13.2. The summed E-state index contributed by atoms with van der Waals surface area (Å²) in [5.41, 5.74) is 2.48. The van der Waals surface area contributed by atoms with Gasteiger partial charge in [0.25, 0.3) is 5.91 Å². The lowest BCUT2D eigenvalue weighted by atomic mass is 9.87. The highest BCUT2D eigenvalue weighted by Crippen LogP contribution is 2.33. The summed E-state index contributed by atoms with van der Waals surface area (Å²) in [7, 11) is 0. The highest BCUT2D eigenvalue weighted by molar-refractivity contribution is 5.93. The van der Waals surface area contributed by atoms with Gasteiger partial charge in [0.1, 0.15) is 12.0 Å². The highest BCUT2D eigenvalue weighted by Gasteiger charge is 2.37. The first-order chi connectivity index (χ1) is 11.2. The minimum atomic E-state index is -0.168. The molecule has 1 spiro atoms. The molecule has 0 radical (unpaired) electrons. The van der Waals surface area contributed by atoms with Crippen molar-refractivity contribution in [2.45, 2.75) is 31.8 Å². The highest BCUT2D eigenvalue weighted by atomic mass is 16.5. The number of carbonyl (C=O) groups excluding carboxylic acids is 1. The fraction of sp³-hybridized carbons (Fsp3) is 0.471. The Morgan fingerprint density at radius 1 is 1.30 bits per heavy atom. The summed E-state index contributed by atoms with van der Waals surface area (Å²) in [5, 5.41) is 4.15. The van der Waals surface area contributed by atoms with Gasteiger partial charge < -0.3 is 9.64 Å². The molecule has 23 heavy (non-hydrogen) atoms. The van der Waals surface area contributed by atoms with E-state index in [-0.39, 0.29) is 11.5 Å². The maximum absolute atomic E-state index is 12.8. The predicted molar refractivity (Wildman–Crippen MR) is 85.2 cm³/mol. The van der Waals surface area contributed by atoms with Gasteiger partial charge in [-0.05, 0) is 38.3 Å². The normalized spacial score (nSPS) is 20.7. The van der Waals surface area contributed by atoms with Gasteiger partial charge in [-0.3, -0.25) is 4.79 Å². The zero-order valence-corrected chi connectivity index (χ0v) is 13.2. The summed E-state index contributed by atoms with van der Waals surface area (Å²) in [6.45, 7) is 4.35. The Hall–Kier alpha value is -2.21. The lowest BCUT2D eigenvalue weighted by Gasteiger charge is -2.42. The summed E-state index contributed by atoms with van der Waals surface area (Å²) in [5.74, 6) is 0.00691. The summed E-state index contributed by atoms with van der Waals surface area (Å²) in [4.78, 5) is 18.9. The Balaban J connectivity index is 1.53. The smallest absolute Gasteiger partial charge is 0.272 e. The maximum atomic E-state index is 12.8. The second-order valence-electron chi connectivity index (χ2n) is 6.39. The minimum Gasteiger partial charge on any atom is -0.370 e. The summed E-state index contributed by atoms with van der Waals surface area (Å²) in [6, 6.07) is 5.49. The van der Waals surface area contributed by atoms with Gasteiger partial charge in [-0.1, -0.05) is 17.7 Å². The minimum absolute atomic E-state index is 0.00691. The van der Waals surface area contributed by atoms with Crippen LogP contribution in [0.4, 0.5) is 0 Å². The van der Waals surface area contributed by atoms with Gasteiger partial charge >= 0.3 is 0 Å². The molecule has 2 aliphatic rings. The number of hydrogen-bond donors (Lipinski definition) is 0. The van der Waals surface area contributed by atoms with E-state index in [2.05, 4.69) is 23.1 Å². The van der Waals surface area contributed by atoms with Crippen LogP contribution in [0, 0.1) is 0 Å². The van der Waals surface area contributed by atoms with Crippen LogP contribution >= 0.6 is 0 Å². The summed E-state index contributed by atoms with van der Waals surface area (Å²) in [6.07, 6.45) is 6.45. The van der Waals surface area contributed by atoms with E-state index in [4.69, 9.17) is 4.74 Å². The average molecular weight is 312 g/mol. The van der Waals surface area contributed by atoms with Crippen LogP contribution in [-0.2, 0) is 4.74 Å². The molecule has 6 nitrogen and oxygen atoms in total. The number of pyridine rings is 1. The van der Waals surface area contributed by atoms with Crippen molar-refractivity contribution >= 4 is 11.6 Å². The number of fused-ring (bicyclic) bond motifs is 1. The second kappa shape index (κ2) is 5.45. The van der Waals surface area contributed by atoms with Gasteiger partial charge in [-0.25, -0.2) is 9.50 Å². The monoisotopic (exact) mass is 312 g/mol. The zero-order chi connectivity index (χ0) is 15.9. The standard InChI is InChI=1S/C17H20N4O2/c1-13-5-10-23-17(11-13)6-8-20(9-7-17)16(22)14-3-2-4-15-18-12-19-21(14)15/h2-4,11-12H,5-10H2,1H3. The van der Waals surface area contributed by atoms with Gasteiger partial charge in [0.15, 0.2) is 5.65 Å². The number of piperidine rings is 1. The van der Waals surface area contributed by atoms with Crippen molar-refractivity contribution in [2.24, 2.45) is 0 Å². The third-order valence-electron chi connectivity index (χ3n) is 4.81. The molecule has 0 aromatic carbocycles. The fourth-order valence-corrected chi connectivity index (χ4v) is 3.52. The number of nitrogens with zero attached hydrogens (tertiary/aromatic N) is 4. The molecule has 1 fully saturated rings. The van der Waals surface area contributed by atoms with E-state index in [9.17, 15) is 4.79 Å². The Kier molecular flexibility index (Phi) is 3.41. The van der Waals surface area contributed by atoms with Crippen molar-refractivity contribution in [2.75, 3.05) is 19.7 Å². The number of likely N-dealkylation sites (tertiary alicyclic amines) is 1. The van der Waals surface area contributed by atoms with Gasteiger partial charge in [-0.2, -0.15) is 5.10 Å². The van der Waals surface area contributed by atoms with Gasteiger partial charge in [0, 0.05) is 13.1 Å². The first-order valence-corrected chi connectivity index (χ1v) is 8.07. The summed E-state index contributed by atoms with van der Waals surface area (Å²) >= 11 is 0. The Labute approximate surface area is 134 Å². The molecule has 0 unspecified atom stereocenters. The molecular weight excluding hydrogens is 292 g/mol. The largest absolute Gasteiger partial charge is 0.370 e. The van der Waals surface area contributed by atoms with E-state index in [1.54, 1.807) is 10.6 Å². The van der Waals surface area contributed by atoms with Crippen molar-refractivity contribution < 1.29 is 9.53 Å². The van der Waals surface area contributed by atoms with E-state index >= 15 is 0 Å². The van der Waals surface area contributed by atoms with E-state index in [1.165, 1.54) is 11.9 Å². The molecule has 0 atom stereocenters. The van der Waals surface area contributed by atoms with Crippen LogP contribution in [0.2, 0.25) is 0 Å². The van der Waals surface area contributed by atoms with Crippen molar-refractivity contribution in [3.05, 3.63) is 41.9 Å². The molecule has 1 amide bonds. The number of rotatable bonds is 1. The number of carbonyl (C=O) groups is 1. The second-order valence-corrected chi connectivity index (χ2v) is 6.39. The summed E-state index contributed by atoms with van der Waals surface area (Å²) < 4.78 is 7.63. The van der Waals surface area contributed by atoms with Crippen LogP contribution < -0.4 is 0 Å². The third kappa shape index (κ3) is 2.53. The molecule has 2 aromatic heterocycles. The van der Waals surface area contributed by atoms with Gasteiger partial charge in [0.2, 0.25) is 0 Å². The van der Waals surface area contributed by atoms with Gasteiger partial charge in [0.05, 0.1) is 12.2 Å². The van der Waals surface area contributed by atoms with Crippen LogP contribution in [0.1, 0.15) is 36.7 Å². The van der Waals surface area contributed by atoms with Gasteiger partial charge in [-0.15, -0.1) is 0 Å². The van der Waals surface area contributed by atoms with Crippen LogP contribution in [-0.4, -0.2) is 50.7 Å². The molecule has 6 heteroatoms. The quantitative estimate of drug-likeness (QED) is 0.756. The first-order valence-electron chi connectivity index (χ1n) is 8.07. The number of hydrogen-bond acceptors (Lipinski definition) is 4. The molecule has 4 heterocycles. The SMILES string of the molecule is CC1=CC2(CCN(C(=O)c3cccc4ncnn34)CC2)OCC1. The van der Waals surface area contributed by atoms with Crippen molar-refractivity contribution in [3.63, 3.8) is 0 Å². The Morgan fingerprint density at radius 2 is 2.13 bits per heavy atom. The lowest BCUT2D eigenvalue weighted by Crippen LogP contribution is -2.48. The lowest BCUT2D eigenvalue weighted by molar-refractivity contribution is -0.0523. The van der Waals surface area contributed by atoms with E-state index in [1.807, 2.05) is 17.0 Å². The molecule has 0 bridgehead atoms. The number of amides is 1. The number of ether oxygens (including phenoxy) is 1. The van der Waals surface area contributed by atoms with Crippen molar-refractivity contribution in [1.29, 1.82) is 0 Å². The molecule has 2 aromatic rings. The van der Waals surface area contributed by atoms with Crippen LogP contribution in [0.25, 0.3) is 5.65 Å². The molecule has 0 N–H and O–H groups in total. The fourth-order valence-electron chi connectivity index (χ4n) is 3.52. The molecule has 0 aliphatic carbocycles. The Bertz CT molecular complexity index is 772. The van der Waals surface area contributed by atoms with E-state index in [0.717, 1.165) is 25.9 Å². The van der Waals surface area contributed by atoms with Crippen molar-refractivity contribution in [3.8, 4) is 0 Å². The topological polar surface area (TPSA) is 59.7 Å².